The predicted octanol–water partition coefficient (Wildman–Crippen LogP) is 4.42. The number of nitrogens with one attached hydrogen (secondary N) is 1. The van der Waals surface area contributed by atoms with E-state index in [1.54, 1.807) is 13.0 Å². The molecule has 0 aliphatic carbocycles. The number of ketones is 1. The fourth-order valence-corrected chi connectivity index (χ4v) is 3.65. The average molecular weight is 406 g/mol. The lowest BCUT2D eigenvalue weighted by Crippen LogP contribution is -2.54. The van der Waals surface area contributed by atoms with Gasteiger partial charge in [-0.25, -0.2) is 0 Å². The molecule has 148 valence electrons. The third-order valence-corrected chi connectivity index (χ3v) is 5.37. The van der Waals surface area contributed by atoms with Crippen LogP contribution in [0, 0.1) is 0 Å². The topological polar surface area (TPSA) is 66.4 Å². The Morgan fingerprint density at radius 1 is 0.931 bits per heavy atom. The van der Waals surface area contributed by atoms with Crippen molar-refractivity contribution in [1.29, 1.82) is 0 Å². The third-order valence-electron chi connectivity index (χ3n) is 5.01. The molecule has 0 fully saturated rings. The number of carboxylic acid groups (broad SMARTS) is 1. The molecule has 2 unspecified atom stereocenters. The number of thiol groups is 1. The number of carboxylic acids is 1. The van der Waals surface area contributed by atoms with Gasteiger partial charge in [-0.05, 0) is 23.6 Å². The van der Waals surface area contributed by atoms with E-state index in [0.29, 0.717) is 11.1 Å². The Kier molecular flexibility index (Phi) is 6.52. The SMILES string of the molecule is CC(NC(CS)C(=O)O)(C(=O)c1ccccc1-c1ccccc1)c1ccccc1. The van der Waals surface area contributed by atoms with Gasteiger partial charge in [0.05, 0.1) is 0 Å². The lowest BCUT2D eigenvalue weighted by Gasteiger charge is -2.33. The first-order valence-corrected chi connectivity index (χ1v) is 9.96. The lowest BCUT2D eigenvalue weighted by molar-refractivity contribution is -0.139. The second-order valence-corrected chi connectivity index (χ2v) is 7.31. The molecular formula is C24H23NO3S. The molecule has 0 radical (unpaired) electrons. The van der Waals surface area contributed by atoms with Gasteiger partial charge in [0.2, 0.25) is 0 Å². The van der Waals surface area contributed by atoms with Crippen LogP contribution in [0.3, 0.4) is 0 Å². The Labute approximate surface area is 176 Å². The van der Waals surface area contributed by atoms with E-state index >= 15 is 0 Å². The summed E-state index contributed by atoms with van der Waals surface area (Å²) in [5.41, 5.74) is 1.72. The highest BCUT2D eigenvalue weighted by molar-refractivity contribution is 7.80. The normalized spacial score (nSPS) is 14.0. The van der Waals surface area contributed by atoms with Crippen LogP contribution in [0.25, 0.3) is 11.1 Å². The summed E-state index contributed by atoms with van der Waals surface area (Å²) in [7, 11) is 0. The third kappa shape index (κ3) is 4.42. The van der Waals surface area contributed by atoms with Gasteiger partial charge in [0.1, 0.15) is 11.6 Å². The van der Waals surface area contributed by atoms with Gasteiger partial charge in [0, 0.05) is 11.3 Å². The van der Waals surface area contributed by atoms with E-state index in [1.165, 1.54) is 0 Å². The minimum Gasteiger partial charge on any atom is -0.480 e. The van der Waals surface area contributed by atoms with Crippen molar-refractivity contribution in [3.05, 3.63) is 96.1 Å². The first-order valence-electron chi connectivity index (χ1n) is 9.33. The number of Topliss-reactive ketones (excluding diaryl/α,β-unsaturated/α-hetero) is 1. The number of rotatable bonds is 8. The summed E-state index contributed by atoms with van der Waals surface area (Å²) in [5.74, 6) is -1.19. The molecular weight excluding hydrogens is 382 g/mol. The molecule has 3 aromatic rings. The summed E-state index contributed by atoms with van der Waals surface area (Å²) in [6.45, 7) is 1.73. The van der Waals surface area contributed by atoms with Gasteiger partial charge in [-0.3, -0.25) is 14.9 Å². The number of hydrogen-bond acceptors (Lipinski definition) is 4. The monoisotopic (exact) mass is 405 g/mol. The minimum atomic E-state index is -1.24. The first kappa shape index (κ1) is 20.8. The molecule has 5 heteroatoms. The molecule has 0 aliphatic heterocycles. The quantitative estimate of drug-likeness (QED) is 0.383. The van der Waals surface area contributed by atoms with Crippen molar-refractivity contribution >= 4 is 24.4 Å². The largest absolute Gasteiger partial charge is 0.480 e. The van der Waals surface area contributed by atoms with Crippen LogP contribution < -0.4 is 5.32 Å². The van der Waals surface area contributed by atoms with E-state index in [-0.39, 0.29) is 11.5 Å². The highest BCUT2D eigenvalue weighted by atomic mass is 32.1. The summed E-state index contributed by atoms with van der Waals surface area (Å²) in [6.07, 6.45) is 0. The molecule has 2 atom stereocenters. The van der Waals surface area contributed by atoms with E-state index in [0.717, 1.165) is 11.1 Å². The molecule has 0 bridgehead atoms. The predicted molar refractivity (Wildman–Crippen MR) is 118 cm³/mol. The van der Waals surface area contributed by atoms with Crippen LogP contribution in [-0.4, -0.2) is 28.7 Å². The van der Waals surface area contributed by atoms with Gasteiger partial charge in [0.25, 0.3) is 0 Å². The molecule has 3 aromatic carbocycles. The van der Waals surface area contributed by atoms with E-state index in [4.69, 9.17) is 0 Å². The zero-order chi connectivity index (χ0) is 20.9. The standard InChI is InChI=1S/C24H23NO3S/c1-24(18-12-6-3-7-13-18,25-21(16-29)23(27)28)22(26)20-15-9-8-14-19(20)17-10-4-2-5-11-17/h2-15,21,25,29H,16H2,1H3,(H,27,28). The smallest absolute Gasteiger partial charge is 0.321 e. The molecule has 3 rings (SSSR count). The van der Waals surface area contributed by atoms with Crippen molar-refractivity contribution in [3.8, 4) is 11.1 Å². The molecule has 0 aliphatic rings. The van der Waals surface area contributed by atoms with Crippen LogP contribution in [0.5, 0.6) is 0 Å². The maximum absolute atomic E-state index is 13.9. The minimum absolute atomic E-state index is 0.0609. The van der Waals surface area contributed by atoms with E-state index in [9.17, 15) is 14.7 Å². The number of carbonyl (C=O) groups is 2. The molecule has 0 saturated heterocycles. The van der Waals surface area contributed by atoms with Crippen LogP contribution in [0.1, 0.15) is 22.8 Å². The van der Waals surface area contributed by atoms with Crippen molar-refractivity contribution in [1.82, 2.24) is 5.32 Å². The summed E-state index contributed by atoms with van der Waals surface area (Å²) < 4.78 is 0. The Hall–Kier alpha value is -2.89. The van der Waals surface area contributed by atoms with Crippen LogP contribution in [-0.2, 0) is 10.3 Å². The first-order chi connectivity index (χ1) is 14.0. The van der Waals surface area contributed by atoms with Crippen molar-refractivity contribution in [2.75, 3.05) is 5.75 Å². The fraction of sp³-hybridized carbons (Fsp3) is 0.167. The average Bonchev–Trinajstić information content (AvgIpc) is 2.77. The van der Waals surface area contributed by atoms with E-state index < -0.39 is 17.6 Å². The molecule has 0 saturated carbocycles. The van der Waals surface area contributed by atoms with Crippen LogP contribution in [0.4, 0.5) is 0 Å². The molecule has 0 spiro atoms. The Morgan fingerprint density at radius 3 is 2.07 bits per heavy atom. The van der Waals surface area contributed by atoms with Gasteiger partial charge in [-0.15, -0.1) is 0 Å². The van der Waals surface area contributed by atoms with E-state index in [1.807, 2.05) is 78.9 Å². The van der Waals surface area contributed by atoms with Crippen molar-refractivity contribution in [3.63, 3.8) is 0 Å². The maximum atomic E-state index is 13.9. The van der Waals surface area contributed by atoms with Gasteiger partial charge in [-0.2, -0.15) is 12.6 Å². The molecule has 0 amide bonds. The lowest BCUT2D eigenvalue weighted by atomic mass is 9.81. The second-order valence-electron chi connectivity index (χ2n) is 6.95. The Balaban J connectivity index is 2.13. The summed E-state index contributed by atoms with van der Waals surface area (Å²) in [5, 5.41) is 12.6. The molecule has 0 heterocycles. The van der Waals surface area contributed by atoms with Crippen molar-refractivity contribution in [2.45, 2.75) is 18.5 Å². The molecule has 0 aromatic heterocycles. The second kappa shape index (κ2) is 9.07. The summed E-state index contributed by atoms with van der Waals surface area (Å²) >= 11 is 4.16. The Bertz CT molecular complexity index is 991. The van der Waals surface area contributed by atoms with Crippen LogP contribution >= 0.6 is 12.6 Å². The van der Waals surface area contributed by atoms with Crippen molar-refractivity contribution in [2.24, 2.45) is 0 Å². The fourth-order valence-electron chi connectivity index (χ4n) is 3.41. The van der Waals surface area contributed by atoms with Gasteiger partial charge in [0.15, 0.2) is 5.78 Å². The highest BCUT2D eigenvalue weighted by Crippen LogP contribution is 2.32. The molecule has 29 heavy (non-hydrogen) atoms. The molecule has 4 nitrogen and oxygen atoms in total. The summed E-state index contributed by atoms with van der Waals surface area (Å²) in [4.78, 5) is 25.5. The number of aliphatic carboxylic acids is 1. The zero-order valence-electron chi connectivity index (χ0n) is 16.1. The molecule has 2 N–H and O–H groups in total. The zero-order valence-corrected chi connectivity index (χ0v) is 17.0. The van der Waals surface area contributed by atoms with E-state index in [2.05, 4.69) is 17.9 Å². The van der Waals surface area contributed by atoms with Gasteiger partial charge < -0.3 is 5.11 Å². The number of benzene rings is 3. The van der Waals surface area contributed by atoms with Crippen LogP contribution in [0.15, 0.2) is 84.9 Å². The number of carbonyl (C=O) groups excluding carboxylic acids is 1. The maximum Gasteiger partial charge on any atom is 0.321 e. The van der Waals surface area contributed by atoms with Gasteiger partial charge >= 0.3 is 5.97 Å². The highest BCUT2D eigenvalue weighted by Gasteiger charge is 2.39. The summed E-state index contributed by atoms with van der Waals surface area (Å²) in [6, 6.07) is 25.3. The Morgan fingerprint density at radius 2 is 1.48 bits per heavy atom. The van der Waals surface area contributed by atoms with Crippen molar-refractivity contribution < 1.29 is 14.7 Å². The van der Waals surface area contributed by atoms with Gasteiger partial charge in [-0.1, -0.05) is 84.9 Å². The number of hydrogen-bond donors (Lipinski definition) is 3. The van der Waals surface area contributed by atoms with Crippen LogP contribution in [0.2, 0.25) is 0 Å².